The van der Waals surface area contributed by atoms with Gasteiger partial charge in [-0.15, -0.1) is 0 Å². The summed E-state index contributed by atoms with van der Waals surface area (Å²) in [4.78, 5) is 0. The van der Waals surface area contributed by atoms with E-state index in [9.17, 15) is 8.42 Å². The second-order valence-electron chi connectivity index (χ2n) is 5.87. The molecule has 2 aliphatic heterocycles. The van der Waals surface area contributed by atoms with Crippen molar-refractivity contribution in [1.82, 2.24) is 9.03 Å². The molecule has 7 heteroatoms. The molecule has 0 atom stereocenters. The maximum atomic E-state index is 12.6. The lowest BCUT2D eigenvalue weighted by atomic mass is 10.0. The Labute approximate surface area is 141 Å². The molecule has 0 saturated carbocycles. The van der Waals surface area contributed by atoms with Crippen molar-refractivity contribution < 1.29 is 17.9 Å². The largest absolute Gasteiger partial charge is 0.454 e. The van der Waals surface area contributed by atoms with Crippen molar-refractivity contribution in [3.05, 3.63) is 59.2 Å². The minimum atomic E-state index is -3.53. The number of ether oxygens (including phenoxy) is 2. The molecule has 0 radical (unpaired) electrons. The van der Waals surface area contributed by atoms with Gasteiger partial charge < -0.3 is 9.47 Å². The summed E-state index contributed by atoms with van der Waals surface area (Å²) in [7, 11) is -3.53. The molecule has 0 fully saturated rings. The minimum Gasteiger partial charge on any atom is -0.454 e. The minimum absolute atomic E-state index is 0.206. The van der Waals surface area contributed by atoms with Crippen LogP contribution in [0.3, 0.4) is 0 Å². The quantitative estimate of drug-likeness (QED) is 0.917. The molecule has 2 aliphatic rings. The number of hydrogen-bond donors (Lipinski definition) is 1. The Hall–Kier alpha value is -2.09. The first-order valence-electron chi connectivity index (χ1n) is 7.82. The van der Waals surface area contributed by atoms with Crippen LogP contribution in [0, 0.1) is 0 Å². The molecule has 6 nitrogen and oxygen atoms in total. The van der Waals surface area contributed by atoms with Crippen molar-refractivity contribution >= 4 is 10.2 Å². The summed E-state index contributed by atoms with van der Waals surface area (Å²) in [5.74, 6) is 1.34. The van der Waals surface area contributed by atoms with E-state index in [0.29, 0.717) is 24.6 Å². The lowest BCUT2D eigenvalue weighted by Crippen LogP contribution is -2.43. The van der Waals surface area contributed by atoms with Gasteiger partial charge in [-0.2, -0.15) is 17.4 Å². The molecule has 0 aliphatic carbocycles. The van der Waals surface area contributed by atoms with Crippen molar-refractivity contribution in [2.24, 2.45) is 0 Å². The summed E-state index contributed by atoms with van der Waals surface area (Å²) >= 11 is 0. The van der Waals surface area contributed by atoms with E-state index in [4.69, 9.17) is 9.47 Å². The highest BCUT2D eigenvalue weighted by molar-refractivity contribution is 7.87. The van der Waals surface area contributed by atoms with Gasteiger partial charge in [-0.1, -0.05) is 30.3 Å². The Bertz CT molecular complexity index is 867. The Balaban J connectivity index is 1.44. The lowest BCUT2D eigenvalue weighted by Gasteiger charge is -2.28. The zero-order valence-corrected chi connectivity index (χ0v) is 13.9. The van der Waals surface area contributed by atoms with Crippen LogP contribution in [0.2, 0.25) is 0 Å². The summed E-state index contributed by atoms with van der Waals surface area (Å²) in [5.41, 5.74) is 3.12. The summed E-state index contributed by atoms with van der Waals surface area (Å²) in [6.45, 7) is 1.33. The van der Waals surface area contributed by atoms with Crippen molar-refractivity contribution in [2.45, 2.75) is 19.5 Å². The van der Waals surface area contributed by atoms with Crippen LogP contribution < -0.4 is 14.2 Å². The maximum absolute atomic E-state index is 12.6. The number of rotatable bonds is 4. The fourth-order valence-electron chi connectivity index (χ4n) is 2.99. The molecule has 0 unspecified atom stereocenters. The van der Waals surface area contributed by atoms with E-state index in [1.165, 1.54) is 9.87 Å². The molecular weight excluding hydrogens is 328 g/mol. The zero-order valence-electron chi connectivity index (χ0n) is 13.1. The summed E-state index contributed by atoms with van der Waals surface area (Å²) in [6, 6.07) is 13.4. The van der Waals surface area contributed by atoms with Crippen LogP contribution in [0.5, 0.6) is 11.5 Å². The summed E-state index contributed by atoms with van der Waals surface area (Å²) < 4.78 is 39.9. The van der Waals surface area contributed by atoms with Gasteiger partial charge in [0.05, 0.1) is 0 Å². The van der Waals surface area contributed by atoms with Gasteiger partial charge in [-0.25, -0.2) is 0 Å². The van der Waals surface area contributed by atoms with E-state index in [0.717, 1.165) is 17.5 Å². The molecule has 24 heavy (non-hydrogen) atoms. The molecule has 0 bridgehead atoms. The average molecular weight is 346 g/mol. The molecule has 2 heterocycles. The number of nitrogens with zero attached hydrogens (tertiary/aromatic N) is 1. The van der Waals surface area contributed by atoms with E-state index in [2.05, 4.69) is 10.8 Å². The highest BCUT2D eigenvalue weighted by Crippen LogP contribution is 2.32. The molecule has 4 rings (SSSR count). The van der Waals surface area contributed by atoms with Gasteiger partial charge in [0, 0.05) is 19.6 Å². The second-order valence-corrected chi connectivity index (χ2v) is 7.62. The number of benzene rings is 2. The summed E-state index contributed by atoms with van der Waals surface area (Å²) in [5, 5.41) is 0. The molecular formula is C17H18N2O4S. The second kappa shape index (κ2) is 6.08. The van der Waals surface area contributed by atoms with Gasteiger partial charge in [0.2, 0.25) is 6.79 Å². The van der Waals surface area contributed by atoms with E-state index in [-0.39, 0.29) is 13.3 Å². The Kier molecular flexibility index (Phi) is 3.91. The lowest BCUT2D eigenvalue weighted by molar-refractivity contribution is 0.174. The summed E-state index contributed by atoms with van der Waals surface area (Å²) in [6.07, 6.45) is 0.737. The van der Waals surface area contributed by atoms with Gasteiger partial charge in [-0.05, 0) is 35.2 Å². The molecule has 2 aromatic rings. The van der Waals surface area contributed by atoms with Crippen LogP contribution in [0.4, 0.5) is 0 Å². The van der Waals surface area contributed by atoms with E-state index in [1.54, 1.807) is 12.1 Å². The first-order valence-corrected chi connectivity index (χ1v) is 9.26. The predicted octanol–water partition coefficient (Wildman–Crippen LogP) is 1.81. The van der Waals surface area contributed by atoms with Crippen LogP contribution in [0.15, 0.2) is 42.5 Å². The van der Waals surface area contributed by atoms with Gasteiger partial charge in [0.1, 0.15) is 0 Å². The first kappa shape index (κ1) is 15.4. The molecule has 0 spiro atoms. The highest BCUT2D eigenvalue weighted by atomic mass is 32.2. The molecule has 126 valence electrons. The smallest absolute Gasteiger partial charge is 0.280 e. The van der Waals surface area contributed by atoms with Gasteiger partial charge >= 0.3 is 0 Å². The van der Waals surface area contributed by atoms with E-state index >= 15 is 0 Å². The van der Waals surface area contributed by atoms with Crippen LogP contribution in [-0.4, -0.2) is 26.1 Å². The predicted molar refractivity (Wildman–Crippen MR) is 88.9 cm³/mol. The third kappa shape index (κ3) is 2.98. The van der Waals surface area contributed by atoms with Crippen molar-refractivity contribution in [3.8, 4) is 11.5 Å². The van der Waals surface area contributed by atoms with Gasteiger partial charge in [0.15, 0.2) is 11.5 Å². The van der Waals surface area contributed by atoms with E-state index < -0.39 is 10.2 Å². The topological polar surface area (TPSA) is 67.9 Å². The van der Waals surface area contributed by atoms with Crippen molar-refractivity contribution in [1.29, 1.82) is 0 Å². The molecule has 0 aromatic heterocycles. The molecule has 2 aromatic carbocycles. The van der Waals surface area contributed by atoms with Gasteiger partial charge in [0.25, 0.3) is 10.2 Å². The number of fused-ring (bicyclic) bond motifs is 2. The highest BCUT2D eigenvalue weighted by Gasteiger charge is 2.26. The SMILES string of the molecule is O=S(=O)(NCc1ccc2c(c1)OCO2)N1CCc2ccccc2C1. The fraction of sp³-hybridized carbons (Fsp3) is 0.294. The number of nitrogens with one attached hydrogen (secondary N) is 1. The normalized spacial score (nSPS) is 16.8. The Morgan fingerprint density at radius 2 is 1.83 bits per heavy atom. The molecule has 0 saturated heterocycles. The van der Waals surface area contributed by atoms with E-state index in [1.807, 2.05) is 24.3 Å². The van der Waals surface area contributed by atoms with Crippen molar-refractivity contribution in [2.75, 3.05) is 13.3 Å². The van der Waals surface area contributed by atoms with Crippen LogP contribution >= 0.6 is 0 Å². The molecule has 1 N–H and O–H groups in total. The Morgan fingerprint density at radius 1 is 1.04 bits per heavy atom. The maximum Gasteiger partial charge on any atom is 0.280 e. The third-order valence-electron chi connectivity index (χ3n) is 4.33. The van der Waals surface area contributed by atoms with Crippen LogP contribution in [0.1, 0.15) is 16.7 Å². The van der Waals surface area contributed by atoms with Crippen molar-refractivity contribution in [3.63, 3.8) is 0 Å². The third-order valence-corrected chi connectivity index (χ3v) is 5.83. The number of hydrogen-bond acceptors (Lipinski definition) is 4. The monoisotopic (exact) mass is 346 g/mol. The average Bonchev–Trinajstić information content (AvgIpc) is 3.07. The van der Waals surface area contributed by atoms with Crippen LogP contribution in [-0.2, 0) is 29.7 Å². The zero-order chi connectivity index (χ0) is 16.6. The Morgan fingerprint density at radius 3 is 2.71 bits per heavy atom. The first-order chi connectivity index (χ1) is 11.6. The standard InChI is InChI=1S/C17H18N2O4S/c20-24(21,19-8-7-14-3-1-2-4-15(14)11-19)18-10-13-5-6-16-17(9-13)23-12-22-16/h1-6,9,18H,7-8,10-12H2. The molecule has 0 amide bonds. The van der Waals surface area contributed by atoms with Gasteiger partial charge in [-0.3, -0.25) is 0 Å². The fourth-order valence-corrected chi connectivity index (χ4v) is 4.16. The van der Waals surface area contributed by atoms with Crippen LogP contribution in [0.25, 0.3) is 0 Å².